The molecule has 108 valence electrons. The summed E-state index contributed by atoms with van der Waals surface area (Å²) in [6, 6.07) is 11.3. The molecular weight excluding hydrogens is 266 g/mol. The number of anilines is 1. The lowest BCUT2D eigenvalue weighted by Gasteiger charge is -2.21. The van der Waals surface area contributed by atoms with E-state index in [-0.39, 0.29) is 12.5 Å². The minimum absolute atomic E-state index is 0.0335. The Balaban J connectivity index is 2.01. The van der Waals surface area contributed by atoms with E-state index in [1.165, 1.54) is 0 Å². The van der Waals surface area contributed by atoms with Crippen molar-refractivity contribution in [3.05, 3.63) is 58.7 Å². The van der Waals surface area contributed by atoms with E-state index < -0.39 is 6.10 Å². The third-order valence-corrected chi connectivity index (χ3v) is 3.77. The molecule has 1 amide bonds. The number of nitrogens with one attached hydrogen (secondary N) is 1. The quantitative estimate of drug-likeness (QED) is 0.891. The summed E-state index contributed by atoms with van der Waals surface area (Å²) < 4.78 is 5.33. The molecule has 4 heteroatoms. The lowest BCUT2D eigenvalue weighted by Crippen LogP contribution is -2.25. The van der Waals surface area contributed by atoms with Crippen molar-refractivity contribution in [2.24, 2.45) is 0 Å². The van der Waals surface area contributed by atoms with Crippen LogP contribution in [0.3, 0.4) is 0 Å². The summed E-state index contributed by atoms with van der Waals surface area (Å²) in [5.74, 6) is 0.452. The van der Waals surface area contributed by atoms with Crippen molar-refractivity contribution in [1.29, 1.82) is 0 Å². The number of amides is 1. The van der Waals surface area contributed by atoms with Crippen molar-refractivity contribution in [1.82, 2.24) is 0 Å². The van der Waals surface area contributed by atoms with Gasteiger partial charge in [0, 0.05) is 0 Å². The van der Waals surface area contributed by atoms with Gasteiger partial charge in [-0.05, 0) is 48.2 Å². The zero-order valence-electron chi connectivity index (χ0n) is 12.0. The van der Waals surface area contributed by atoms with Gasteiger partial charge in [-0.3, -0.25) is 4.79 Å². The van der Waals surface area contributed by atoms with Crippen molar-refractivity contribution in [3.8, 4) is 5.75 Å². The van der Waals surface area contributed by atoms with Gasteiger partial charge < -0.3 is 15.2 Å². The minimum atomic E-state index is -0.727. The third-order valence-electron chi connectivity index (χ3n) is 3.77. The summed E-state index contributed by atoms with van der Waals surface area (Å²) in [6.45, 7) is 4.00. The maximum absolute atomic E-state index is 11.4. The second-order valence-electron chi connectivity index (χ2n) is 5.30. The Labute approximate surface area is 123 Å². The van der Waals surface area contributed by atoms with Gasteiger partial charge in [0.25, 0.3) is 5.91 Å². The van der Waals surface area contributed by atoms with Crippen LogP contribution in [0.1, 0.15) is 28.4 Å². The fourth-order valence-corrected chi connectivity index (χ4v) is 2.70. The average Bonchev–Trinajstić information content (AvgIpc) is 2.46. The predicted octanol–water partition coefficient (Wildman–Crippen LogP) is 2.72. The smallest absolute Gasteiger partial charge is 0.262 e. The Bertz CT molecular complexity index is 689. The maximum atomic E-state index is 11.4. The number of ether oxygens (including phenoxy) is 1. The molecular formula is C17H17NO3. The molecule has 21 heavy (non-hydrogen) atoms. The Hall–Kier alpha value is -2.33. The number of hydrogen-bond donors (Lipinski definition) is 2. The Morgan fingerprint density at radius 2 is 1.90 bits per heavy atom. The van der Waals surface area contributed by atoms with Crippen LogP contribution in [0.4, 0.5) is 5.69 Å². The number of aryl methyl sites for hydroxylation is 2. The number of aliphatic hydroxyl groups excluding tert-OH is 1. The van der Waals surface area contributed by atoms with Gasteiger partial charge in [-0.2, -0.15) is 0 Å². The van der Waals surface area contributed by atoms with E-state index in [9.17, 15) is 9.90 Å². The van der Waals surface area contributed by atoms with E-state index in [4.69, 9.17) is 4.74 Å². The number of carbonyl (C=O) groups excluding carboxylic acids is 1. The van der Waals surface area contributed by atoms with Crippen LogP contribution < -0.4 is 10.1 Å². The molecule has 0 radical (unpaired) electrons. The summed E-state index contributed by atoms with van der Waals surface area (Å²) in [5.41, 5.74) is 4.33. The SMILES string of the molecule is Cc1cccc(C)c1C(O)c1ccc2c(c1)NC(=O)CO2. The van der Waals surface area contributed by atoms with Crippen molar-refractivity contribution in [3.63, 3.8) is 0 Å². The molecule has 0 bridgehead atoms. The number of fused-ring (bicyclic) bond motifs is 1. The molecule has 0 spiro atoms. The number of aliphatic hydroxyl groups is 1. The Morgan fingerprint density at radius 1 is 1.19 bits per heavy atom. The fraction of sp³-hybridized carbons (Fsp3) is 0.235. The van der Waals surface area contributed by atoms with Crippen molar-refractivity contribution < 1.29 is 14.6 Å². The van der Waals surface area contributed by atoms with Crippen LogP contribution in [0, 0.1) is 13.8 Å². The molecule has 3 rings (SSSR count). The molecule has 0 fully saturated rings. The maximum Gasteiger partial charge on any atom is 0.262 e. The van der Waals surface area contributed by atoms with Gasteiger partial charge in [0.1, 0.15) is 11.9 Å². The monoisotopic (exact) mass is 283 g/mol. The summed E-state index contributed by atoms with van der Waals surface area (Å²) in [6.07, 6.45) is -0.727. The standard InChI is InChI=1S/C17H17NO3/c1-10-4-3-5-11(2)16(10)17(20)12-6-7-14-13(8-12)18-15(19)9-21-14/h3-8,17,20H,9H2,1-2H3,(H,18,19). The normalized spacial score (nSPS) is 14.9. The summed E-state index contributed by atoms with van der Waals surface area (Å²) >= 11 is 0. The Kier molecular flexibility index (Phi) is 3.39. The summed E-state index contributed by atoms with van der Waals surface area (Å²) in [4.78, 5) is 11.4. The largest absolute Gasteiger partial charge is 0.482 e. The molecule has 2 N–H and O–H groups in total. The molecule has 2 aromatic rings. The van der Waals surface area contributed by atoms with Gasteiger partial charge in [0.15, 0.2) is 6.61 Å². The topological polar surface area (TPSA) is 58.6 Å². The van der Waals surface area contributed by atoms with Gasteiger partial charge >= 0.3 is 0 Å². The van der Waals surface area contributed by atoms with Crippen LogP contribution in [0.25, 0.3) is 0 Å². The Morgan fingerprint density at radius 3 is 2.62 bits per heavy atom. The highest BCUT2D eigenvalue weighted by Gasteiger charge is 2.20. The van der Waals surface area contributed by atoms with Gasteiger partial charge in [0.05, 0.1) is 5.69 Å². The van der Waals surface area contributed by atoms with Crippen LogP contribution in [-0.4, -0.2) is 17.6 Å². The van der Waals surface area contributed by atoms with Crippen LogP contribution >= 0.6 is 0 Å². The summed E-state index contributed by atoms with van der Waals surface area (Å²) in [5, 5.41) is 13.4. The first kappa shape index (κ1) is 13.6. The first-order chi connectivity index (χ1) is 10.1. The molecule has 1 aliphatic rings. The zero-order chi connectivity index (χ0) is 15.0. The molecule has 1 unspecified atom stereocenters. The van der Waals surface area contributed by atoms with Crippen LogP contribution in [0.5, 0.6) is 5.75 Å². The van der Waals surface area contributed by atoms with Crippen molar-refractivity contribution in [2.75, 3.05) is 11.9 Å². The van der Waals surface area contributed by atoms with E-state index in [0.717, 1.165) is 22.3 Å². The van der Waals surface area contributed by atoms with Crippen LogP contribution in [0.2, 0.25) is 0 Å². The number of carbonyl (C=O) groups is 1. The second kappa shape index (κ2) is 5.22. The van der Waals surface area contributed by atoms with E-state index in [0.29, 0.717) is 11.4 Å². The lowest BCUT2D eigenvalue weighted by atomic mass is 9.93. The van der Waals surface area contributed by atoms with E-state index in [2.05, 4.69) is 5.32 Å². The van der Waals surface area contributed by atoms with Crippen molar-refractivity contribution in [2.45, 2.75) is 20.0 Å². The molecule has 0 aliphatic carbocycles. The molecule has 2 aromatic carbocycles. The molecule has 0 saturated heterocycles. The second-order valence-corrected chi connectivity index (χ2v) is 5.30. The highest BCUT2D eigenvalue weighted by atomic mass is 16.5. The average molecular weight is 283 g/mol. The minimum Gasteiger partial charge on any atom is -0.482 e. The van der Waals surface area contributed by atoms with Crippen LogP contribution in [-0.2, 0) is 4.79 Å². The number of rotatable bonds is 2. The van der Waals surface area contributed by atoms with Gasteiger partial charge in [-0.25, -0.2) is 0 Å². The zero-order valence-corrected chi connectivity index (χ0v) is 12.0. The highest BCUT2D eigenvalue weighted by Crippen LogP contribution is 2.34. The van der Waals surface area contributed by atoms with Gasteiger partial charge in [-0.15, -0.1) is 0 Å². The summed E-state index contributed by atoms with van der Waals surface area (Å²) in [7, 11) is 0. The molecule has 0 saturated carbocycles. The van der Waals surface area contributed by atoms with E-state index >= 15 is 0 Å². The molecule has 4 nitrogen and oxygen atoms in total. The van der Waals surface area contributed by atoms with Gasteiger partial charge in [-0.1, -0.05) is 24.3 Å². The molecule has 1 aliphatic heterocycles. The highest BCUT2D eigenvalue weighted by molar-refractivity contribution is 5.95. The molecule has 1 atom stereocenters. The third kappa shape index (κ3) is 2.50. The first-order valence-corrected chi connectivity index (χ1v) is 6.87. The lowest BCUT2D eigenvalue weighted by molar-refractivity contribution is -0.118. The number of benzene rings is 2. The predicted molar refractivity (Wildman–Crippen MR) is 80.5 cm³/mol. The van der Waals surface area contributed by atoms with Crippen LogP contribution in [0.15, 0.2) is 36.4 Å². The first-order valence-electron chi connectivity index (χ1n) is 6.87. The molecule has 0 aromatic heterocycles. The van der Waals surface area contributed by atoms with E-state index in [1.807, 2.05) is 38.1 Å². The molecule has 1 heterocycles. The van der Waals surface area contributed by atoms with Gasteiger partial charge in [0.2, 0.25) is 0 Å². The van der Waals surface area contributed by atoms with E-state index in [1.54, 1.807) is 12.1 Å². The number of hydrogen-bond acceptors (Lipinski definition) is 3. The fourth-order valence-electron chi connectivity index (χ4n) is 2.70. The van der Waals surface area contributed by atoms with Crippen molar-refractivity contribution >= 4 is 11.6 Å².